The van der Waals surface area contributed by atoms with Gasteiger partial charge in [-0.1, -0.05) is 0 Å². The number of H-pyrrole nitrogens is 2. The molecule has 0 saturated heterocycles. The summed E-state index contributed by atoms with van der Waals surface area (Å²) < 4.78 is 5.78. The number of aromatic amines is 2. The number of carbonyl (C=O) groups excluding carboxylic acids is 1. The van der Waals surface area contributed by atoms with E-state index in [1.807, 2.05) is 38.4 Å². The minimum absolute atomic E-state index is 0.0386. The van der Waals surface area contributed by atoms with Gasteiger partial charge in [-0.15, -0.1) is 0 Å². The van der Waals surface area contributed by atoms with E-state index in [2.05, 4.69) is 20.9 Å². The van der Waals surface area contributed by atoms with Gasteiger partial charge >= 0.3 is 0 Å². The lowest BCUT2D eigenvalue weighted by molar-refractivity contribution is 0.0995. The number of ether oxygens (including phenoxy) is 1. The SMILES string of the molecule is CN(C)CCCOc1ccc2[nH]c(-c3c[c]c(C(N)=O)[nH]c3=O)cc2c1. The summed E-state index contributed by atoms with van der Waals surface area (Å²) in [6.07, 6.45) is 0.945. The molecular weight excluding hydrogens is 332 g/mol. The molecule has 0 spiro atoms. The standard InChI is InChI=1S/C19H21N4O3/c1-23(2)8-3-9-26-13-4-6-15-12(10-13)11-17(21-15)14-5-7-16(18(20)24)22-19(14)25/h4-6,10-11,21H,3,8-9H2,1-2H3,(H2,20,24)(H,22,25). The smallest absolute Gasteiger partial charge is 0.265 e. The quantitative estimate of drug-likeness (QED) is 0.563. The molecule has 1 amide bonds. The van der Waals surface area contributed by atoms with Crippen LogP contribution >= 0.6 is 0 Å². The molecule has 26 heavy (non-hydrogen) atoms. The van der Waals surface area contributed by atoms with Crippen molar-refractivity contribution in [1.82, 2.24) is 14.9 Å². The number of aromatic nitrogens is 2. The van der Waals surface area contributed by atoms with Crippen molar-refractivity contribution < 1.29 is 9.53 Å². The van der Waals surface area contributed by atoms with Crippen molar-refractivity contribution in [2.45, 2.75) is 6.42 Å². The number of primary amides is 1. The van der Waals surface area contributed by atoms with Crippen LogP contribution in [0.5, 0.6) is 5.75 Å². The number of amides is 1. The Bertz CT molecular complexity index is 988. The molecule has 0 saturated carbocycles. The van der Waals surface area contributed by atoms with E-state index in [0.717, 1.165) is 29.6 Å². The van der Waals surface area contributed by atoms with E-state index in [-0.39, 0.29) is 5.69 Å². The van der Waals surface area contributed by atoms with Crippen molar-refractivity contribution in [2.24, 2.45) is 5.73 Å². The molecule has 7 heteroatoms. The van der Waals surface area contributed by atoms with Crippen LogP contribution in [0.15, 0.2) is 35.1 Å². The Hall–Kier alpha value is -3.06. The summed E-state index contributed by atoms with van der Waals surface area (Å²) in [6.45, 7) is 1.61. The summed E-state index contributed by atoms with van der Waals surface area (Å²) in [5.41, 5.74) is 6.63. The maximum Gasteiger partial charge on any atom is 0.265 e. The first-order valence-electron chi connectivity index (χ1n) is 8.29. The average Bonchev–Trinajstić information content (AvgIpc) is 3.01. The van der Waals surface area contributed by atoms with Gasteiger partial charge in [0.1, 0.15) is 11.4 Å². The van der Waals surface area contributed by atoms with Crippen LogP contribution < -0.4 is 16.0 Å². The highest BCUT2D eigenvalue weighted by atomic mass is 16.5. The second-order valence-electron chi connectivity index (χ2n) is 6.33. The average molecular weight is 353 g/mol. The Morgan fingerprint density at radius 2 is 2.08 bits per heavy atom. The van der Waals surface area contributed by atoms with Gasteiger partial charge in [0.05, 0.1) is 17.9 Å². The first-order chi connectivity index (χ1) is 12.4. The molecule has 0 fully saturated rings. The highest BCUT2D eigenvalue weighted by Gasteiger charge is 2.10. The van der Waals surface area contributed by atoms with Gasteiger partial charge in [0.25, 0.3) is 11.5 Å². The number of fused-ring (bicyclic) bond motifs is 1. The van der Waals surface area contributed by atoms with Crippen LogP contribution in [-0.4, -0.2) is 48.0 Å². The number of nitrogens with zero attached hydrogens (tertiary/aromatic N) is 1. The minimum atomic E-state index is -0.721. The first kappa shape index (κ1) is 17.8. The molecule has 0 atom stereocenters. The van der Waals surface area contributed by atoms with Crippen LogP contribution in [0.1, 0.15) is 16.9 Å². The molecule has 7 nitrogen and oxygen atoms in total. The third-order valence-electron chi connectivity index (χ3n) is 3.99. The fraction of sp³-hybridized carbons (Fsp3) is 0.263. The predicted octanol–water partition coefficient (Wildman–Crippen LogP) is 1.75. The van der Waals surface area contributed by atoms with Crippen molar-refractivity contribution >= 4 is 16.8 Å². The molecule has 0 bridgehead atoms. The number of rotatable bonds is 7. The largest absolute Gasteiger partial charge is 0.494 e. The van der Waals surface area contributed by atoms with Crippen molar-refractivity contribution in [3.05, 3.63) is 52.4 Å². The Kier molecular flexibility index (Phi) is 5.09. The summed E-state index contributed by atoms with van der Waals surface area (Å²) in [5.74, 6) is 0.0627. The Morgan fingerprint density at radius 1 is 1.27 bits per heavy atom. The highest BCUT2D eigenvalue weighted by molar-refractivity contribution is 5.91. The van der Waals surface area contributed by atoms with Crippen molar-refractivity contribution in [2.75, 3.05) is 27.2 Å². The van der Waals surface area contributed by atoms with Crippen molar-refractivity contribution in [1.29, 1.82) is 0 Å². The molecule has 1 aromatic carbocycles. The van der Waals surface area contributed by atoms with E-state index in [1.54, 1.807) is 0 Å². The van der Waals surface area contributed by atoms with Gasteiger partial charge in [0, 0.05) is 23.5 Å². The third-order valence-corrected chi connectivity index (χ3v) is 3.99. The zero-order chi connectivity index (χ0) is 18.7. The van der Waals surface area contributed by atoms with Crippen molar-refractivity contribution in [3.8, 4) is 17.0 Å². The maximum atomic E-state index is 12.2. The molecule has 3 aromatic rings. The van der Waals surface area contributed by atoms with E-state index < -0.39 is 11.5 Å². The van der Waals surface area contributed by atoms with Gasteiger partial charge in [0.2, 0.25) is 0 Å². The number of nitrogens with two attached hydrogens (primary N) is 1. The van der Waals surface area contributed by atoms with Crippen LogP contribution in [0.25, 0.3) is 22.2 Å². The first-order valence-corrected chi connectivity index (χ1v) is 8.29. The second kappa shape index (κ2) is 7.45. The van der Waals surface area contributed by atoms with E-state index >= 15 is 0 Å². The van der Waals surface area contributed by atoms with E-state index in [1.165, 1.54) is 6.07 Å². The number of hydrogen-bond donors (Lipinski definition) is 3. The van der Waals surface area contributed by atoms with Crippen LogP contribution in [-0.2, 0) is 0 Å². The van der Waals surface area contributed by atoms with Gasteiger partial charge in [-0.3, -0.25) is 9.59 Å². The van der Waals surface area contributed by atoms with Crippen LogP contribution in [0.4, 0.5) is 0 Å². The minimum Gasteiger partial charge on any atom is -0.494 e. The van der Waals surface area contributed by atoms with Gasteiger partial charge in [-0.25, -0.2) is 0 Å². The molecular formula is C19H21N4O3. The molecule has 135 valence electrons. The number of hydrogen-bond acceptors (Lipinski definition) is 4. The van der Waals surface area contributed by atoms with Crippen LogP contribution in [0, 0.1) is 6.07 Å². The predicted molar refractivity (Wildman–Crippen MR) is 100 cm³/mol. The lowest BCUT2D eigenvalue weighted by Gasteiger charge is -2.10. The van der Waals surface area contributed by atoms with Gasteiger partial charge in [0.15, 0.2) is 0 Å². The molecule has 1 radical (unpaired) electrons. The summed E-state index contributed by atoms with van der Waals surface area (Å²) in [4.78, 5) is 31.1. The fourth-order valence-corrected chi connectivity index (χ4v) is 2.68. The monoisotopic (exact) mass is 353 g/mol. The molecule has 4 N–H and O–H groups in total. The summed E-state index contributed by atoms with van der Waals surface area (Å²) >= 11 is 0. The molecule has 0 aliphatic heterocycles. The highest BCUT2D eigenvalue weighted by Crippen LogP contribution is 2.25. The fourth-order valence-electron chi connectivity index (χ4n) is 2.68. The zero-order valence-electron chi connectivity index (χ0n) is 14.8. The van der Waals surface area contributed by atoms with Crippen molar-refractivity contribution in [3.63, 3.8) is 0 Å². The Labute approximate surface area is 150 Å². The van der Waals surface area contributed by atoms with Crippen LogP contribution in [0.2, 0.25) is 0 Å². The maximum absolute atomic E-state index is 12.2. The summed E-state index contributed by atoms with van der Waals surface area (Å²) in [5, 5.41) is 0.934. The van der Waals surface area contributed by atoms with E-state index in [4.69, 9.17) is 10.5 Å². The van der Waals surface area contributed by atoms with Gasteiger partial charge < -0.3 is 25.3 Å². The lowest BCUT2D eigenvalue weighted by atomic mass is 10.1. The molecule has 0 unspecified atom stereocenters. The second-order valence-corrected chi connectivity index (χ2v) is 6.33. The number of carbonyl (C=O) groups is 1. The third kappa shape index (κ3) is 3.94. The molecule has 3 rings (SSSR count). The van der Waals surface area contributed by atoms with E-state index in [0.29, 0.717) is 17.9 Å². The summed E-state index contributed by atoms with van der Waals surface area (Å²) in [6, 6.07) is 11.8. The zero-order valence-corrected chi connectivity index (χ0v) is 14.8. The molecule has 0 aliphatic carbocycles. The number of pyridine rings is 1. The molecule has 0 aliphatic rings. The van der Waals surface area contributed by atoms with Crippen LogP contribution in [0.3, 0.4) is 0 Å². The van der Waals surface area contributed by atoms with Gasteiger partial charge in [-0.2, -0.15) is 0 Å². The molecule has 2 aromatic heterocycles. The normalized spacial score (nSPS) is 11.2. The van der Waals surface area contributed by atoms with Gasteiger partial charge in [-0.05, 0) is 50.8 Å². The number of nitrogens with one attached hydrogen (secondary N) is 2. The Morgan fingerprint density at radius 3 is 2.77 bits per heavy atom. The summed E-state index contributed by atoms with van der Waals surface area (Å²) in [7, 11) is 4.06. The molecule has 2 heterocycles. The topological polar surface area (TPSA) is 104 Å². The lowest BCUT2D eigenvalue weighted by Crippen LogP contribution is -2.19. The Balaban J connectivity index is 1.81. The van der Waals surface area contributed by atoms with E-state index in [9.17, 15) is 9.59 Å². The number of benzene rings is 1.